The van der Waals surface area contributed by atoms with Crippen LogP contribution in [-0.2, 0) is 11.3 Å². The fourth-order valence-corrected chi connectivity index (χ4v) is 3.87. The van der Waals surface area contributed by atoms with Crippen LogP contribution >= 0.6 is 0 Å². The van der Waals surface area contributed by atoms with Crippen molar-refractivity contribution in [3.63, 3.8) is 0 Å². The molecule has 0 N–H and O–H groups in total. The normalized spacial score (nSPS) is 13.8. The van der Waals surface area contributed by atoms with Crippen molar-refractivity contribution < 1.29 is 14.3 Å². The number of carbonyl (C=O) groups is 1. The maximum Gasteiger partial charge on any atom is 0.260 e. The largest absolute Gasteiger partial charge is 0.493 e. The molecule has 2 aromatic carbocycles. The van der Waals surface area contributed by atoms with Gasteiger partial charge in [-0.05, 0) is 49.6 Å². The fourth-order valence-electron chi connectivity index (χ4n) is 3.87. The Morgan fingerprint density at radius 3 is 2.66 bits per heavy atom. The molecule has 29 heavy (non-hydrogen) atoms. The van der Waals surface area contributed by atoms with Gasteiger partial charge in [0.15, 0.2) is 18.1 Å². The standard InChI is InChI=1S/C23H27N3O3/c1-3-12-26-19-9-5-4-8-18(19)24-23(26)17-10-11-20(21(15-17)28-2)29-16-22(27)25-13-6-7-14-25/h4-5,8-11,15H,3,6-7,12-14,16H2,1-2H3. The van der Waals surface area contributed by atoms with Crippen LogP contribution in [-0.4, -0.2) is 47.2 Å². The molecule has 1 aliphatic rings. The third-order valence-corrected chi connectivity index (χ3v) is 5.33. The number of rotatable bonds is 7. The fraction of sp³-hybridized carbons (Fsp3) is 0.391. The maximum atomic E-state index is 12.3. The Morgan fingerprint density at radius 1 is 1.10 bits per heavy atom. The predicted octanol–water partition coefficient (Wildman–Crippen LogP) is 4.12. The number of imidazole rings is 1. The molecule has 1 aromatic heterocycles. The van der Waals surface area contributed by atoms with E-state index in [2.05, 4.69) is 17.6 Å². The number of ether oxygens (including phenoxy) is 2. The molecule has 0 atom stereocenters. The summed E-state index contributed by atoms with van der Waals surface area (Å²) in [5.41, 5.74) is 3.07. The second-order valence-electron chi connectivity index (χ2n) is 7.32. The van der Waals surface area contributed by atoms with E-state index in [9.17, 15) is 4.79 Å². The number of hydrogen-bond acceptors (Lipinski definition) is 4. The molecule has 0 bridgehead atoms. The summed E-state index contributed by atoms with van der Waals surface area (Å²) in [4.78, 5) is 19.0. The van der Waals surface area contributed by atoms with Crippen LogP contribution in [0.25, 0.3) is 22.4 Å². The van der Waals surface area contributed by atoms with E-state index in [1.807, 2.05) is 41.3 Å². The minimum Gasteiger partial charge on any atom is -0.493 e. The van der Waals surface area contributed by atoms with Crippen LogP contribution in [0.4, 0.5) is 0 Å². The van der Waals surface area contributed by atoms with Crippen LogP contribution in [0.5, 0.6) is 11.5 Å². The van der Waals surface area contributed by atoms with Gasteiger partial charge in [-0.15, -0.1) is 0 Å². The first kappa shape index (κ1) is 19.3. The Hall–Kier alpha value is -3.02. The Balaban J connectivity index is 1.60. The lowest BCUT2D eigenvalue weighted by atomic mass is 10.2. The van der Waals surface area contributed by atoms with Crippen LogP contribution in [0.1, 0.15) is 26.2 Å². The molecule has 0 radical (unpaired) electrons. The van der Waals surface area contributed by atoms with Crippen LogP contribution in [0.15, 0.2) is 42.5 Å². The molecule has 3 aromatic rings. The molecule has 0 unspecified atom stereocenters. The van der Waals surface area contributed by atoms with Crippen LogP contribution in [0.2, 0.25) is 0 Å². The molecule has 1 fully saturated rings. The third kappa shape index (κ3) is 3.92. The number of aryl methyl sites for hydroxylation is 1. The number of aromatic nitrogens is 2. The monoisotopic (exact) mass is 393 g/mol. The lowest BCUT2D eigenvalue weighted by molar-refractivity contribution is -0.132. The minimum absolute atomic E-state index is 0.0263. The van der Waals surface area contributed by atoms with Crippen LogP contribution in [0, 0.1) is 0 Å². The first-order chi connectivity index (χ1) is 14.2. The van der Waals surface area contributed by atoms with E-state index in [0.717, 1.165) is 61.3 Å². The van der Waals surface area contributed by atoms with Crippen molar-refractivity contribution in [2.24, 2.45) is 0 Å². The smallest absolute Gasteiger partial charge is 0.260 e. The number of nitrogens with zero attached hydrogens (tertiary/aromatic N) is 3. The zero-order valence-electron chi connectivity index (χ0n) is 17.1. The van der Waals surface area contributed by atoms with Gasteiger partial charge in [0.1, 0.15) is 5.82 Å². The summed E-state index contributed by atoms with van der Waals surface area (Å²) in [5, 5.41) is 0. The molecular weight excluding hydrogens is 366 g/mol. The molecule has 1 amide bonds. The van der Waals surface area contributed by atoms with Crippen molar-refractivity contribution in [3.8, 4) is 22.9 Å². The van der Waals surface area contributed by atoms with Crippen molar-refractivity contribution in [2.45, 2.75) is 32.7 Å². The topological polar surface area (TPSA) is 56.6 Å². The quantitative estimate of drug-likeness (QED) is 0.606. The first-order valence-corrected chi connectivity index (χ1v) is 10.3. The maximum absolute atomic E-state index is 12.3. The minimum atomic E-state index is 0.0263. The average molecular weight is 393 g/mol. The summed E-state index contributed by atoms with van der Waals surface area (Å²) in [6.45, 7) is 4.73. The zero-order valence-corrected chi connectivity index (χ0v) is 17.1. The summed E-state index contributed by atoms with van der Waals surface area (Å²) < 4.78 is 13.6. The van der Waals surface area contributed by atoms with E-state index in [-0.39, 0.29) is 12.5 Å². The lowest BCUT2D eigenvalue weighted by Gasteiger charge is -2.17. The first-order valence-electron chi connectivity index (χ1n) is 10.3. The van der Waals surface area contributed by atoms with Crippen molar-refractivity contribution >= 4 is 16.9 Å². The molecule has 152 valence electrons. The average Bonchev–Trinajstić information content (AvgIpc) is 3.41. The van der Waals surface area contributed by atoms with Crippen LogP contribution < -0.4 is 9.47 Å². The molecular formula is C23H27N3O3. The number of methoxy groups -OCH3 is 1. The molecule has 4 rings (SSSR count). The van der Waals surface area contributed by atoms with Gasteiger partial charge in [0.25, 0.3) is 5.91 Å². The van der Waals surface area contributed by atoms with Gasteiger partial charge in [-0.3, -0.25) is 4.79 Å². The van der Waals surface area contributed by atoms with Crippen molar-refractivity contribution in [2.75, 3.05) is 26.8 Å². The Labute approximate surface area is 171 Å². The van der Waals surface area contributed by atoms with Gasteiger partial charge in [0.05, 0.1) is 18.1 Å². The Kier molecular flexibility index (Phi) is 5.69. The summed E-state index contributed by atoms with van der Waals surface area (Å²) in [6.07, 6.45) is 3.16. The van der Waals surface area contributed by atoms with Crippen molar-refractivity contribution in [1.29, 1.82) is 0 Å². The number of para-hydroxylation sites is 2. The van der Waals surface area contributed by atoms with E-state index in [1.165, 1.54) is 0 Å². The Bertz CT molecular complexity index is 1010. The Morgan fingerprint density at radius 2 is 1.90 bits per heavy atom. The molecule has 6 nitrogen and oxygen atoms in total. The second-order valence-corrected chi connectivity index (χ2v) is 7.32. The van der Waals surface area contributed by atoms with Gasteiger partial charge in [-0.1, -0.05) is 19.1 Å². The van der Waals surface area contributed by atoms with E-state index < -0.39 is 0 Å². The molecule has 2 heterocycles. The zero-order chi connectivity index (χ0) is 20.2. The van der Waals surface area contributed by atoms with Gasteiger partial charge in [0.2, 0.25) is 0 Å². The van der Waals surface area contributed by atoms with Crippen molar-refractivity contribution in [1.82, 2.24) is 14.5 Å². The molecule has 1 aliphatic heterocycles. The highest BCUT2D eigenvalue weighted by Gasteiger charge is 2.19. The lowest BCUT2D eigenvalue weighted by Crippen LogP contribution is -2.32. The van der Waals surface area contributed by atoms with Gasteiger partial charge < -0.3 is 18.9 Å². The number of hydrogen-bond donors (Lipinski definition) is 0. The van der Waals surface area contributed by atoms with E-state index in [0.29, 0.717) is 11.5 Å². The summed E-state index contributed by atoms with van der Waals surface area (Å²) >= 11 is 0. The molecule has 0 spiro atoms. The third-order valence-electron chi connectivity index (χ3n) is 5.33. The van der Waals surface area contributed by atoms with E-state index in [4.69, 9.17) is 14.5 Å². The van der Waals surface area contributed by atoms with E-state index >= 15 is 0 Å². The van der Waals surface area contributed by atoms with Gasteiger partial charge in [-0.25, -0.2) is 4.98 Å². The number of benzene rings is 2. The number of fused-ring (bicyclic) bond motifs is 1. The molecule has 1 saturated heterocycles. The summed E-state index contributed by atoms with van der Waals surface area (Å²) in [7, 11) is 1.61. The number of likely N-dealkylation sites (tertiary alicyclic amines) is 1. The molecule has 0 saturated carbocycles. The SMILES string of the molecule is CCCn1c(-c2ccc(OCC(=O)N3CCCC3)c(OC)c2)nc2ccccc21. The molecule has 6 heteroatoms. The predicted molar refractivity (Wildman–Crippen MR) is 113 cm³/mol. The number of amides is 1. The summed E-state index contributed by atoms with van der Waals surface area (Å²) in [6, 6.07) is 13.9. The van der Waals surface area contributed by atoms with Gasteiger partial charge in [-0.2, -0.15) is 0 Å². The highest BCUT2D eigenvalue weighted by Crippen LogP contribution is 2.34. The number of carbonyl (C=O) groups excluding carboxylic acids is 1. The van der Waals surface area contributed by atoms with Crippen LogP contribution in [0.3, 0.4) is 0 Å². The second kappa shape index (κ2) is 8.55. The van der Waals surface area contributed by atoms with Gasteiger partial charge in [0, 0.05) is 25.2 Å². The summed E-state index contributed by atoms with van der Waals surface area (Å²) in [5.74, 6) is 2.11. The molecule has 0 aliphatic carbocycles. The highest BCUT2D eigenvalue weighted by molar-refractivity contribution is 5.81. The van der Waals surface area contributed by atoms with Crippen molar-refractivity contribution in [3.05, 3.63) is 42.5 Å². The van der Waals surface area contributed by atoms with Gasteiger partial charge >= 0.3 is 0 Å². The van der Waals surface area contributed by atoms with E-state index in [1.54, 1.807) is 7.11 Å². The highest BCUT2D eigenvalue weighted by atomic mass is 16.5.